The number of amides is 4. The van der Waals surface area contributed by atoms with Crippen LogP contribution in [0, 0.1) is 0 Å². The zero-order chi connectivity index (χ0) is 20.1. The van der Waals surface area contributed by atoms with E-state index in [1.807, 2.05) is 54.2 Å². The third-order valence-electron chi connectivity index (χ3n) is 4.81. The summed E-state index contributed by atoms with van der Waals surface area (Å²) in [5.41, 5.74) is 1.86. The number of carbonyl (C=O) groups excluding carboxylic acids is 3. The minimum Gasteiger partial charge on any atom is -0.496 e. The lowest BCUT2D eigenvalue weighted by molar-refractivity contribution is -0.130. The smallest absolute Gasteiger partial charge is 0.324 e. The lowest BCUT2D eigenvalue weighted by Crippen LogP contribution is -2.36. The number of nitrogens with one attached hydrogen (secondary N) is 2. The fourth-order valence-electron chi connectivity index (χ4n) is 3.20. The Bertz CT molecular complexity index is 877. The van der Waals surface area contributed by atoms with E-state index in [2.05, 4.69) is 10.6 Å². The molecule has 1 aromatic heterocycles. The first kappa shape index (κ1) is 19.5. The number of imide groups is 1. The average Bonchev–Trinajstić information content (AvgIpc) is 3.21. The molecule has 1 saturated heterocycles. The number of urea groups is 1. The zero-order valence-electron chi connectivity index (χ0n) is 16.0. The number of carbonyl (C=O) groups is 3. The summed E-state index contributed by atoms with van der Waals surface area (Å²) >= 11 is 0. The van der Waals surface area contributed by atoms with E-state index in [1.165, 1.54) is 0 Å². The molecule has 0 spiro atoms. The number of benzene rings is 1. The second-order valence-electron chi connectivity index (χ2n) is 6.65. The van der Waals surface area contributed by atoms with Gasteiger partial charge in [0, 0.05) is 25.5 Å². The number of methoxy groups -OCH3 is 1. The lowest BCUT2D eigenvalue weighted by Gasteiger charge is -2.14. The van der Waals surface area contributed by atoms with E-state index in [0.717, 1.165) is 16.2 Å². The highest BCUT2D eigenvalue weighted by molar-refractivity contribution is 6.05. The van der Waals surface area contributed by atoms with Gasteiger partial charge in [0.2, 0.25) is 5.91 Å². The average molecular weight is 384 g/mol. The van der Waals surface area contributed by atoms with Gasteiger partial charge < -0.3 is 19.9 Å². The van der Waals surface area contributed by atoms with Gasteiger partial charge in [-0.3, -0.25) is 14.5 Å². The van der Waals surface area contributed by atoms with E-state index in [-0.39, 0.29) is 24.8 Å². The van der Waals surface area contributed by atoms with Gasteiger partial charge in [0.15, 0.2) is 0 Å². The predicted octanol–water partition coefficient (Wildman–Crippen LogP) is 1.20. The highest BCUT2D eigenvalue weighted by atomic mass is 16.5. The SMILES string of the molecule is COc1ccccc1CCN1C(=O)NC(CC(=O)NCc2cccn2C)C1=O. The number of nitrogens with zero attached hydrogens (tertiary/aromatic N) is 2. The summed E-state index contributed by atoms with van der Waals surface area (Å²) in [4.78, 5) is 38.0. The normalized spacial score (nSPS) is 16.2. The first-order chi connectivity index (χ1) is 13.5. The van der Waals surface area contributed by atoms with Crippen molar-refractivity contribution in [1.29, 1.82) is 0 Å². The monoisotopic (exact) mass is 384 g/mol. The molecule has 1 unspecified atom stereocenters. The zero-order valence-corrected chi connectivity index (χ0v) is 16.0. The number of aromatic nitrogens is 1. The van der Waals surface area contributed by atoms with Crippen molar-refractivity contribution in [2.24, 2.45) is 7.05 Å². The fraction of sp³-hybridized carbons (Fsp3) is 0.350. The Labute approximate surface area is 163 Å². The van der Waals surface area contributed by atoms with Crippen LogP contribution >= 0.6 is 0 Å². The van der Waals surface area contributed by atoms with Crippen molar-refractivity contribution in [3.63, 3.8) is 0 Å². The standard InChI is InChI=1S/C20H24N4O4/c1-23-10-5-7-15(23)13-21-18(25)12-16-19(26)24(20(27)22-16)11-9-14-6-3-4-8-17(14)28-2/h3-8,10,16H,9,11-13H2,1-2H3,(H,21,25)(H,22,27). The van der Waals surface area contributed by atoms with E-state index in [9.17, 15) is 14.4 Å². The van der Waals surface area contributed by atoms with E-state index >= 15 is 0 Å². The molecule has 0 bridgehead atoms. The molecule has 2 heterocycles. The number of hydrogen-bond acceptors (Lipinski definition) is 4. The van der Waals surface area contributed by atoms with Crippen molar-refractivity contribution in [3.05, 3.63) is 53.9 Å². The lowest BCUT2D eigenvalue weighted by atomic mass is 10.1. The topological polar surface area (TPSA) is 92.7 Å². The summed E-state index contributed by atoms with van der Waals surface area (Å²) in [5.74, 6) is 0.0477. The Kier molecular flexibility index (Phi) is 5.98. The molecule has 1 atom stereocenters. The minimum atomic E-state index is -0.835. The van der Waals surface area contributed by atoms with Crippen LogP contribution < -0.4 is 15.4 Å². The van der Waals surface area contributed by atoms with E-state index < -0.39 is 12.1 Å². The Morgan fingerprint density at radius 1 is 1.21 bits per heavy atom. The second kappa shape index (κ2) is 8.60. The highest BCUT2D eigenvalue weighted by Gasteiger charge is 2.38. The Morgan fingerprint density at radius 3 is 2.71 bits per heavy atom. The summed E-state index contributed by atoms with van der Waals surface area (Å²) < 4.78 is 7.20. The Morgan fingerprint density at radius 2 is 2.00 bits per heavy atom. The number of aryl methyl sites for hydroxylation is 1. The molecule has 0 aliphatic carbocycles. The van der Waals surface area contributed by atoms with Gasteiger partial charge in [-0.05, 0) is 30.2 Å². The van der Waals surface area contributed by atoms with Crippen molar-refractivity contribution < 1.29 is 19.1 Å². The summed E-state index contributed by atoms with van der Waals surface area (Å²) in [6.45, 7) is 0.598. The van der Waals surface area contributed by atoms with Crippen LogP contribution in [0.5, 0.6) is 5.75 Å². The van der Waals surface area contributed by atoms with Crippen molar-refractivity contribution >= 4 is 17.8 Å². The van der Waals surface area contributed by atoms with Gasteiger partial charge in [-0.1, -0.05) is 18.2 Å². The third kappa shape index (κ3) is 4.33. The maximum atomic E-state index is 12.5. The van der Waals surface area contributed by atoms with Gasteiger partial charge in [-0.15, -0.1) is 0 Å². The molecule has 1 aromatic carbocycles. The molecule has 1 fully saturated rings. The molecule has 148 valence electrons. The Hall–Kier alpha value is -3.29. The van der Waals surface area contributed by atoms with Crippen LogP contribution in [0.2, 0.25) is 0 Å². The van der Waals surface area contributed by atoms with E-state index in [4.69, 9.17) is 4.74 Å². The molecule has 1 aliphatic rings. The summed E-state index contributed by atoms with van der Waals surface area (Å²) in [6.07, 6.45) is 2.29. The van der Waals surface area contributed by atoms with Crippen LogP contribution in [0.3, 0.4) is 0 Å². The largest absolute Gasteiger partial charge is 0.496 e. The van der Waals surface area contributed by atoms with Crippen LogP contribution in [0.4, 0.5) is 4.79 Å². The summed E-state index contributed by atoms with van der Waals surface area (Å²) in [7, 11) is 3.47. The molecule has 4 amide bonds. The van der Waals surface area contributed by atoms with Crippen LogP contribution in [0.25, 0.3) is 0 Å². The second-order valence-corrected chi connectivity index (χ2v) is 6.65. The van der Waals surface area contributed by atoms with E-state index in [0.29, 0.717) is 18.7 Å². The van der Waals surface area contributed by atoms with Gasteiger partial charge in [0.25, 0.3) is 5.91 Å². The molecule has 8 nitrogen and oxygen atoms in total. The summed E-state index contributed by atoms with van der Waals surface area (Å²) in [5, 5.41) is 5.37. The van der Waals surface area contributed by atoms with Crippen LogP contribution in [-0.4, -0.2) is 47.0 Å². The van der Waals surface area contributed by atoms with Crippen molar-refractivity contribution in [1.82, 2.24) is 20.1 Å². The maximum absolute atomic E-state index is 12.5. The maximum Gasteiger partial charge on any atom is 0.324 e. The Balaban J connectivity index is 1.52. The number of ether oxygens (including phenoxy) is 1. The van der Waals surface area contributed by atoms with Crippen LogP contribution in [-0.2, 0) is 29.6 Å². The number of rotatable bonds is 8. The molecule has 2 N–H and O–H groups in total. The molecule has 3 rings (SSSR count). The predicted molar refractivity (Wildman–Crippen MR) is 103 cm³/mol. The first-order valence-electron chi connectivity index (χ1n) is 9.10. The summed E-state index contributed by atoms with van der Waals surface area (Å²) in [6, 6.07) is 9.96. The van der Waals surface area contributed by atoms with Gasteiger partial charge >= 0.3 is 6.03 Å². The van der Waals surface area contributed by atoms with Crippen molar-refractivity contribution in [3.8, 4) is 5.75 Å². The van der Waals surface area contributed by atoms with Crippen molar-refractivity contribution in [2.75, 3.05) is 13.7 Å². The first-order valence-corrected chi connectivity index (χ1v) is 9.10. The fourth-order valence-corrected chi connectivity index (χ4v) is 3.20. The van der Waals surface area contributed by atoms with Gasteiger partial charge in [0.05, 0.1) is 20.1 Å². The molecule has 2 aromatic rings. The number of para-hydroxylation sites is 1. The number of hydrogen-bond donors (Lipinski definition) is 2. The van der Waals surface area contributed by atoms with E-state index in [1.54, 1.807) is 7.11 Å². The molecular formula is C20H24N4O4. The van der Waals surface area contributed by atoms with Crippen LogP contribution in [0.15, 0.2) is 42.6 Å². The molecule has 1 aliphatic heterocycles. The quantitative estimate of drug-likeness (QED) is 0.669. The van der Waals surface area contributed by atoms with Crippen LogP contribution in [0.1, 0.15) is 17.7 Å². The molecular weight excluding hydrogens is 360 g/mol. The molecule has 28 heavy (non-hydrogen) atoms. The van der Waals surface area contributed by atoms with Crippen molar-refractivity contribution in [2.45, 2.75) is 25.4 Å². The third-order valence-corrected chi connectivity index (χ3v) is 4.81. The molecule has 0 radical (unpaired) electrons. The van der Waals surface area contributed by atoms with Gasteiger partial charge in [0.1, 0.15) is 11.8 Å². The van der Waals surface area contributed by atoms with Gasteiger partial charge in [-0.2, -0.15) is 0 Å². The minimum absolute atomic E-state index is 0.0832. The highest BCUT2D eigenvalue weighted by Crippen LogP contribution is 2.19. The molecule has 0 saturated carbocycles. The van der Waals surface area contributed by atoms with Gasteiger partial charge in [-0.25, -0.2) is 4.79 Å². The molecule has 8 heteroatoms.